The van der Waals surface area contributed by atoms with Crippen LogP contribution in [0.3, 0.4) is 0 Å². The molecule has 0 aliphatic rings. The highest BCUT2D eigenvalue weighted by Crippen LogP contribution is 2.21. The van der Waals surface area contributed by atoms with Gasteiger partial charge in [0.2, 0.25) is 6.17 Å². The Bertz CT molecular complexity index is 375. The van der Waals surface area contributed by atoms with Gasteiger partial charge in [0.05, 0.1) is 0 Å². The van der Waals surface area contributed by atoms with Crippen molar-refractivity contribution in [2.75, 3.05) is 0 Å². The number of alkyl halides is 1. The van der Waals surface area contributed by atoms with Gasteiger partial charge in [0.1, 0.15) is 5.60 Å². The molecule has 5 heteroatoms. The Morgan fingerprint density at radius 3 is 2.44 bits per heavy atom. The van der Waals surface area contributed by atoms with Gasteiger partial charge in [-0.3, -0.25) is 0 Å². The fourth-order valence-electron chi connectivity index (χ4n) is 1.37. The molecule has 0 saturated carbocycles. The normalized spacial score (nSPS) is 16.5. The van der Waals surface area contributed by atoms with E-state index in [1.807, 2.05) is 0 Å². The van der Waals surface area contributed by atoms with E-state index in [2.05, 4.69) is 0 Å². The van der Waals surface area contributed by atoms with Gasteiger partial charge in [-0.25, -0.2) is 9.18 Å². The van der Waals surface area contributed by atoms with Crippen molar-refractivity contribution in [1.82, 2.24) is 0 Å². The number of aliphatic carboxylic acids is 1. The molecule has 0 amide bonds. The molecule has 88 valence electrons. The molecule has 0 heterocycles. The lowest BCUT2D eigenvalue weighted by atomic mass is 9.92. The minimum absolute atomic E-state index is 0.0857. The number of hydrogen-bond acceptors (Lipinski definition) is 2. The van der Waals surface area contributed by atoms with Crippen molar-refractivity contribution in [1.29, 1.82) is 0 Å². The van der Waals surface area contributed by atoms with E-state index in [1.54, 1.807) is 24.3 Å². The van der Waals surface area contributed by atoms with Crippen LogP contribution in [0.4, 0.5) is 4.39 Å². The average molecular weight is 247 g/mol. The van der Waals surface area contributed by atoms with Gasteiger partial charge in [-0.1, -0.05) is 23.7 Å². The van der Waals surface area contributed by atoms with Crippen LogP contribution < -0.4 is 0 Å². The van der Waals surface area contributed by atoms with E-state index < -0.39 is 17.7 Å². The Morgan fingerprint density at radius 2 is 2.00 bits per heavy atom. The minimum atomic E-state index is -2.32. The van der Waals surface area contributed by atoms with Crippen LogP contribution in [0, 0.1) is 0 Å². The van der Waals surface area contributed by atoms with Crippen molar-refractivity contribution in [2.45, 2.75) is 25.1 Å². The lowest BCUT2D eigenvalue weighted by Crippen LogP contribution is -2.43. The zero-order valence-electron chi connectivity index (χ0n) is 8.65. The van der Waals surface area contributed by atoms with Crippen molar-refractivity contribution in [3.05, 3.63) is 34.9 Å². The molecule has 1 aromatic carbocycles. The first-order chi connectivity index (χ1) is 7.33. The van der Waals surface area contributed by atoms with E-state index in [4.69, 9.17) is 16.7 Å². The number of benzene rings is 1. The summed E-state index contributed by atoms with van der Waals surface area (Å²) in [6, 6.07) is 6.43. The van der Waals surface area contributed by atoms with Gasteiger partial charge in [0.25, 0.3) is 0 Å². The van der Waals surface area contributed by atoms with Crippen LogP contribution in [0.5, 0.6) is 0 Å². The first kappa shape index (κ1) is 12.9. The van der Waals surface area contributed by atoms with Crippen LogP contribution in [0.2, 0.25) is 5.02 Å². The SMILES string of the molecule is CC(O)(Cc1ccc(Cl)cc1)C(F)C(=O)O. The second-order valence-electron chi connectivity index (χ2n) is 3.86. The Balaban J connectivity index is 2.79. The minimum Gasteiger partial charge on any atom is -0.479 e. The third kappa shape index (κ3) is 3.18. The number of carbonyl (C=O) groups is 1. The quantitative estimate of drug-likeness (QED) is 0.855. The zero-order valence-corrected chi connectivity index (χ0v) is 9.41. The number of carboxylic acids is 1. The molecule has 1 rings (SSSR count). The highest BCUT2D eigenvalue weighted by Gasteiger charge is 2.37. The number of rotatable bonds is 4. The molecule has 1 aromatic rings. The maximum Gasteiger partial charge on any atom is 0.341 e. The van der Waals surface area contributed by atoms with Gasteiger partial charge in [-0.15, -0.1) is 0 Å². The molecule has 16 heavy (non-hydrogen) atoms. The molecule has 2 unspecified atom stereocenters. The smallest absolute Gasteiger partial charge is 0.341 e. The lowest BCUT2D eigenvalue weighted by molar-refractivity contribution is -0.152. The van der Waals surface area contributed by atoms with Crippen LogP contribution in [-0.4, -0.2) is 28.0 Å². The number of aliphatic hydroxyl groups is 1. The molecular weight excluding hydrogens is 235 g/mol. The van der Waals surface area contributed by atoms with Gasteiger partial charge in [0.15, 0.2) is 0 Å². The third-order valence-corrected chi connectivity index (χ3v) is 2.49. The third-order valence-electron chi connectivity index (χ3n) is 2.24. The van der Waals surface area contributed by atoms with Crippen molar-refractivity contribution < 1.29 is 19.4 Å². The molecule has 0 saturated heterocycles. The highest BCUT2D eigenvalue weighted by molar-refractivity contribution is 6.30. The summed E-state index contributed by atoms with van der Waals surface area (Å²) in [5.41, 5.74) is -1.31. The number of hydrogen-bond donors (Lipinski definition) is 2. The Kier molecular flexibility index (Phi) is 3.88. The fraction of sp³-hybridized carbons (Fsp3) is 0.364. The molecule has 0 aromatic heterocycles. The van der Waals surface area contributed by atoms with Crippen LogP contribution >= 0.6 is 11.6 Å². The lowest BCUT2D eigenvalue weighted by Gasteiger charge is -2.24. The average Bonchev–Trinajstić information content (AvgIpc) is 2.20. The second kappa shape index (κ2) is 4.80. The first-order valence-corrected chi connectivity index (χ1v) is 5.04. The summed E-state index contributed by atoms with van der Waals surface area (Å²) >= 11 is 5.67. The van der Waals surface area contributed by atoms with Crippen molar-refractivity contribution in [3.8, 4) is 0 Å². The van der Waals surface area contributed by atoms with E-state index >= 15 is 0 Å². The summed E-state index contributed by atoms with van der Waals surface area (Å²) in [5.74, 6) is -1.67. The predicted molar refractivity (Wildman–Crippen MR) is 58.3 cm³/mol. The monoisotopic (exact) mass is 246 g/mol. The summed E-state index contributed by atoms with van der Waals surface area (Å²) in [5, 5.41) is 18.7. The Labute approximate surface area is 97.5 Å². The molecule has 2 atom stereocenters. The van der Waals surface area contributed by atoms with Crippen molar-refractivity contribution in [2.24, 2.45) is 0 Å². The molecule has 0 fully saturated rings. The Morgan fingerprint density at radius 1 is 1.50 bits per heavy atom. The summed E-state index contributed by atoms with van der Waals surface area (Å²) < 4.78 is 13.2. The van der Waals surface area contributed by atoms with Crippen LogP contribution in [0.25, 0.3) is 0 Å². The van der Waals surface area contributed by atoms with E-state index in [0.29, 0.717) is 10.6 Å². The van der Waals surface area contributed by atoms with Gasteiger partial charge < -0.3 is 10.2 Å². The standard InChI is InChI=1S/C11H12ClFO3/c1-11(16,9(13)10(14)15)6-7-2-4-8(12)5-3-7/h2-5,9,16H,6H2,1H3,(H,14,15). The maximum atomic E-state index is 13.2. The molecule has 0 bridgehead atoms. The summed E-state index contributed by atoms with van der Waals surface area (Å²) in [6.07, 6.45) is -2.40. The summed E-state index contributed by atoms with van der Waals surface area (Å²) in [6.45, 7) is 1.15. The molecular formula is C11H12ClFO3. The van der Waals surface area contributed by atoms with Gasteiger partial charge in [-0.2, -0.15) is 0 Å². The molecule has 0 aliphatic heterocycles. The predicted octanol–water partition coefficient (Wildman–Crippen LogP) is 2.06. The van der Waals surface area contributed by atoms with E-state index in [9.17, 15) is 14.3 Å². The molecule has 0 aliphatic carbocycles. The van der Waals surface area contributed by atoms with Crippen molar-refractivity contribution in [3.63, 3.8) is 0 Å². The van der Waals surface area contributed by atoms with Gasteiger partial charge >= 0.3 is 5.97 Å². The summed E-state index contributed by atoms with van der Waals surface area (Å²) in [7, 11) is 0. The van der Waals surface area contributed by atoms with E-state index in [0.717, 1.165) is 6.92 Å². The van der Waals surface area contributed by atoms with Crippen LogP contribution in [-0.2, 0) is 11.2 Å². The second-order valence-corrected chi connectivity index (χ2v) is 4.30. The van der Waals surface area contributed by atoms with Gasteiger partial charge in [-0.05, 0) is 24.6 Å². The maximum absolute atomic E-state index is 13.2. The van der Waals surface area contributed by atoms with Crippen LogP contribution in [0.15, 0.2) is 24.3 Å². The number of carboxylic acid groups (broad SMARTS) is 1. The molecule has 3 nitrogen and oxygen atoms in total. The highest BCUT2D eigenvalue weighted by atomic mass is 35.5. The summed E-state index contributed by atoms with van der Waals surface area (Å²) in [4.78, 5) is 10.4. The van der Waals surface area contributed by atoms with Crippen LogP contribution in [0.1, 0.15) is 12.5 Å². The van der Waals surface area contributed by atoms with E-state index in [1.165, 1.54) is 0 Å². The van der Waals surface area contributed by atoms with Gasteiger partial charge in [0, 0.05) is 11.4 Å². The van der Waals surface area contributed by atoms with E-state index in [-0.39, 0.29) is 6.42 Å². The largest absolute Gasteiger partial charge is 0.479 e. The van der Waals surface area contributed by atoms with Crippen molar-refractivity contribution >= 4 is 17.6 Å². The molecule has 0 spiro atoms. The Hall–Kier alpha value is -1.13. The molecule has 0 radical (unpaired) electrons. The topological polar surface area (TPSA) is 57.5 Å². The first-order valence-electron chi connectivity index (χ1n) is 4.66. The zero-order chi connectivity index (χ0) is 12.3. The number of halogens is 2. The molecule has 2 N–H and O–H groups in total. The fourth-order valence-corrected chi connectivity index (χ4v) is 1.50.